The van der Waals surface area contributed by atoms with Gasteiger partial charge in [-0.15, -0.1) is 11.8 Å². The summed E-state index contributed by atoms with van der Waals surface area (Å²) in [6.07, 6.45) is 6.60. The number of rotatable bonds is 2. The van der Waals surface area contributed by atoms with Gasteiger partial charge in [0.2, 0.25) is 5.91 Å². The number of nitrogens with one attached hydrogen (secondary N) is 1. The number of aryl methyl sites for hydroxylation is 2. The fraction of sp³-hybridized carbons (Fsp3) is 0.412. The number of aromatic nitrogens is 2. The van der Waals surface area contributed by atoms with Crippen LogP contribution >= 0.6 is 11.8 Å². The SMILES string of the molecule is Cc1ccc2c(c1)SC(C(=O)NC1CCc3nccn3C1)C2. The minimum absolute atomic E-state index is 0.0148. The molecule has 2 aliphatic heterocycles. The van der Waals surface area contributed by atoms with Crippen LogP contribution in [0.15, 0.2) is 35.5 Å². The van der Waals surface area contributed by atoms with E-state index in [1.165, 1.54) is 16.0 Å². The van der Waals surface area contributed by atoms with Gasteiger partial charge in [-0.05, 0) is 31.4 Å². The van der Waals surface area contributed by atoms with E-state index in [4.69, 9.17) is 0 Å². The third-order valence-electron chi connectivity index (χ3n) is 4.47. The molecule has 3 heterocycles. The van der Waals surface area contributed by atoms with Crippen LogP contribution in [-0.4, -0.2) is 26.8 Å². The van der Waals surface area contributed by atoms with Crippen LogP contribution in [0, 0.1) is 6.92 Å². The van der Waals surface area contributed by atoms with Gasteiger partial charge in [0.15, 0.2) is 0 Å². The van der Waals surface area contributed by atoms with E-state index < -0.39 is 0 Å². The third-order valence-corrected chi connectivity index (χ3v) is 5.77. The van der Waals surface area contributed by atoms with Gasteiger partial charge in [0.1, 0.15) is 5.82 Å². The maximum absolute atomic E-state index is 12.6. The Morgan fingerprint density at radius 3 is 3.27 bits per heavy atom. The molecule has 2 aromatic rings. The van der Waals surface area contributed by atoms with Crippen LogP contribution in [0.4, 0.5) is 0 Å². The van der Waals surface area contributed by atoms with Gasteiger partial charge in [0, 0.05) is 36.3 Å². The Labute approximate surface area is 134 Å². The van der Waals surface area contributed by atoms with E-state index >= 15 is 0 Å². The minimum Gasteiger partial charge on any atom is -0.351 e. The summed E-state index contributed by atoms with van der Waals surface area (Å²) >= 11 is 1.70. The average molecular weight is 313 g/mol. The van der Waals surface area contributed by atoms with Crippen molar-refractivity contribution in [1.29, 1.82) is 0 Å². The number of amides is 1. The highest BCUT2D eigenvalue weighted by atomic mass is 32.2. The standard InChI is InChI=1S/C17H19N3OS/c1-11-2-3-12-9-15(22-14(12)8-11)17(21)19-13-4-5-16-18-6-7-20(16)10-13/h2-3,6-8,13,15H,4-5,9-10H2,1H3,(H,19,21). The third kappa shape index (κ3) is 2.54. The van der Waals surface area contributed by atoms with Crippen molar-refractivity contribution >= 4 is 17.7 Å². The molecule has 2 atom stereocenters. The number of imidazole rings is 1. The number of hydrogen-bond acceptors (Lipinski definition) is 3. The monoisotopic (exact) mass is 313 g/mol. The summed E-state index contributed by atoms with van der Waals surface area (Å²) < 4.78 is 2.15. The van der Waals surface area contributed by atoms with Crippen molar-refractivity contribution in [2.45, 2.75) is 48.9 Å². The normalized spacial score (nSPS) is 23.0. The molecule has 22 heavy (non-hydrogen) atoms. The van der Waals surface area contributed by atoms with Crippen LogP contribution in [0.1, 0.15) is 23.4 Å². The van der Waals surface area contributed by atoms with E-state index in [1.54, 1.807) is 11.8 Å². The molecule has 0 aliphatic carbocycles. The molecule has 0 bridgehead atoms. The second-order valence-electron chi connectivity index (χ2n) is 6.16. The first-order chi connectivity index (χ1) is 10.7. The molecular formula is C17H19N3OS. The van der Waals surface area contributed by atoms with Crippen LogP contribution in [0.5, 0.6) is 0 Å². The van der Waals surface area contributed by atoms with Crippen molar-refractivity contribution in [3.63, 3.8) is 0 Å². The van der Waals surface area contributed by atoms with E-state index in [0.29, 0.717) is 0 Å². The zero-order valence-electron chi connectivity index (χ0n) is 12.6. The van der Waals surface area contributed by atoms with Crippen LogP contribution in [-0.2, 0) is 24.2 Å². The molecule has 1 amide bonds. The van der Waals surface area contributed by atoms with Crippen LogP contribution in [0.3, 0.4) is 0 Å². The molecule has 114 valence electrons. The maximum Gasteiger partial charge on any atom is 0.234 e. The van der Waals surface area contributed by atoms with Crippen molar-refractivity contribution in [2.24, 2.45) is 0 Å². The smallest absolute Gasteiger partial charge is 0.234 e. The summed E-state index contributed by atoms with van der Waals surface area (Å²) in [5.41, 5.74) is 2.56. The number of thioether (sulfide) groups is 1. The Morgan fingerprint density at radius 1 is 1.45 bits per heavy atom. The summed E-state index contributed by atoms with van der Waals surface area (Å²) in [7, 11) is 0. The molecule has 1 N–H and O–H groups in total. The number of carbonyl (C=O) groups excluding carboxylic acids is 1. The summed E-state index contributed by atoms with van der Waals surface area (Å²) in [5, 5.41) is 3.25. The lowest BCUT2D eigenvalue weighted by molar-refractivity contribution is -0.121. The summed E-state index contributed by atoms with van der Waals surface area (Å²) in [6, 6.07) is 6.69. The molecule has 0 radical (unpaired) electrons. The molecule has 0 saturated heterocycles. The fourth-order valence-corrected chi connectivity index (χ4v) is 4.56. The number of carbonyl (C=O) groups is 1. The first kappa shape index (κ1) is 13.9. The van der Waals surface area contributed by atoms with Gasteiger partial charge in [0.05, 0.1) is 5.25 Å². The minimum atomic E-state index is 0.0148. The van der Waals surface area contributed by atoms with Gasteiger partial charge in [-0.3, -0.25) is 4.79 Å². The molecule has 0 spiro atoms. The number of hydrogen-bond donors (Lipinski definition) is 1. The van der Waals surface area contributed by atoms with Gasteiger partial charge in [-0.2, -0.15) is 0 Å². The predicted octanol–water partition coefficient (Wildman–Crippen LogP) is 2.34. The van der Waals surface area contributed by atoms with Gasteiger partial charge in [-0.1, -0.05) is 17.7 Å². The molecule has 1 aromatic heterocycles. The van der Waals surface area contributed by atoms with Gasteiger partial charge in [-0.25, -0.2) is 4.98 Å². The second-order valence-corrected chi connectivity index (χ2v) is 7.41. The summed E-state index contributed by atoms with van der Waals surface area (Å²) in [5.74, 6) is 1.30. The summed E-state index contributed by atoms with van der Waals surface area (Å²) in [6.45, 7) is 2.93. The molecular weight excluding hydrogens is 294 g/mol. The van der Waals surface area contributed by atoms with Crippen molar-refractivity contribution in [1.82, 2.24) is 14.9 Å². The molecule has 1 aromatic carbocycles. The molecule has 4 rings (SSSR count). The Hall–Kier alpha value is -1.75. The largest absolute Gasteiger partial charge is 0.351 e. The predicted molar refractivity (Wildman–Crippen MR) is 87.0 cm³/mol. The second kappa shape index (κ2) is 5.47. The van der Waals surface area contributed by atoms with Crippen LogP contribution in [0.2, 0.25) is 0 Å². The Balaban J connectivity index is 1.40. The van der Waals surface area contributed by atoms with Crippen LogP contribution in [0.25, 0.3) is 0 Å². The maximum atomic E-state index is 12.6. The average Bonchev–Trinajstić information content (AvgIpc) is 3.12. The number of fused-ring (bicyclic) bond motifs is 2. The number of benzene rings is 1. The van der Waals surface area contributed by atoms with Gasteiger partial charge in [0.25, 0.3) is 0 Å². The lowest BCUT2D eigenvalue weighted by Crippen LogP contribution is -2.44. The lowest BCUT2D eigenvalue weighted by atomic mass is 10.1. The van der Waals surface area contributed by atoms with Crippen LogP contribution < -0.4 is 5.32 Å². The Kier molecular flexibility index (Phi) is 3.45. The van der Waals surface area contributed by atoms with E-state index in [0.717, 1.165) is 31.6 Å². The zero-order valence-corrected chi connectivity index (χ0v) is 13.4. The van der Waals surface area contributed by atoms with Crippen molar-refractivity contribution in [3.8, 4) is 0 Å². The highest BCUT2D eigenvalue weighted by Crippen LogP contribution is 2.37. The van der Waals surface area contributed by atoms with Crippen molar-refractivity contribution in [2.75, 3.05) is 0 Å². The first-order valence-electron chi connectivity index (χ1n) is 7.75. The molecule has 2 unspecified atom stereocenters. The van der Waals surface area contributed by atoms with E-state index in [9.17, 15) is 4.79 Å². The molecule has 2 aliphatic rings. The van der Waals surface area contributed by atoms with E-state index in [2.05, 4.69) is 40.0 Å². The quantitative estimate of drug-likeness (QED) is 0.926. The number of nitrogens with zero attached hydrogens (tertiary/aromatic N) is 2. The Bertz CT molecular complexity index is 724. The summed E-state index contributed by atoms with van der Waals surface area (Å²) in [4.78, 5) is 18.2. The molecule has 0 saturated carbocycles. The fourth-order valence-electron chi connectivity index (χ4n) is 3.26. The van der Waals surface area contributed by atoms with Gasteiger partial charge < -0.3 is 9.88 Å². The van der Waals surface area contributed by atoms with Crippen molar-refractivity contribution < 1.29 is 4.79 Å². The topological polar surface area (TPSA) is 46.9 Å². The zero-order chi connectivity index (χ0) is 15.1. The lowest BCUT2D eigenvalue weighted by Gasteiger charge is -2.25. The molecule has 4 nitrogen and oxygen atoms in total. The highest BCUT2D eigenvalue weighted by Gasteiger charge is 2.30. The first-order valence-corrected chi connectivity index (χ1v) is 8.63. The molecule has 5 heteroatoms. The van der Waals surface area contributed by atoms with Crippen molar-refractivity contribution in [3.05, 3.63) is 47.5 Å². The van der Waals surface area contributed by atoms with E-state index in [1.807, 2.05) is 12.4 Å². The van der Waals surface area contributed by atoms with E-state index in [-0.39, 0.29) is 17.2 Å². The highest BCUT2D eigenvalue weighted by molar-refractivity contribution is 8.01. The molecule has 0 fully saturated rings. The Morgan fingerprint density at radius 2 is 2.36 bits per heavy atom. The van der Waals surface area contributed by atoms with Gasteiger partial charge >= 0.3 is 0 Å².